The number of rotatable bonds is 6. The zero-order chi connectivity index (χ0) is 21.1. The molecule has 7 nitrogen and oxygen atoms in total. The van der Waals surface area contributed by atoms with E-state index in [4.69, 9.17) is 5.73 Å². The van der Waals surface area contributed by atoms with Crippen molar-refractivity contribution in [1.82, 2.24) is 14.9 Å². The number of imidazole rings is 1. The number of carbonyl (C=O) groups is 2. The van der Waals surface area contributed by atoms with Gasteiger partial charge in [-0.25, -0.2) is 4.98 Å². The monoisotopic (exact) mass is 402 g/mol. The number of aliphatic carboxylic acids is 1. The van der Waals surface area contributed by atoms with Gasteiger partial charge in [0, 0.05) is 23.4 Å². The molecule has 7 heteroatoms. The summed E-state index contributed by atoms with van der Waals surface area (Å²) in [7, 11) is 0. The van der Waals surface area contributed by atoms with E-state index in [0.29, 0.717) is 17.7 Å². The van der Waals surface area contributed by atoms with Crippen LogP contribution in [0.2, 0.25) is 0 Å². The first-order chi connectivity index (χ1) is 14.5. The van der Waals surface area contributed by atoms with Gasteiger partial charge in [0.2, 0.25) is 0 Å². The molecule has 2 atom stereocenters. The minimum Gasteiger partial charge on any atom is -0.481 e. The molecule has 0 aliphatic heterocycles. The summed E-state index contributed by atoms with van der Waals surface area (Å²) in [6.45, 7) is 0. The minimum absolute atomic E-state index is 0.0566. The number of amides is 1. The molecule has 4 rings (SSSR count). The molecule has 1 amide bonds. The van der Waals surface area contributed by atoms with Crippen molar-refractivity contribution in [3.63, 3.8) is 0 Å². The fraction of sp³-hybridized carbons (Fsp3) is 0.174. The van der Waals surface area contributed by atoms with Crippen molar-refractivity contribution in [1.29, 1.82) is 0 Å². The summed E-state index contributed by atoms with van der Waals surface area (Å²) in [5.41, 5.74) is 9.41. The molecule has 0 radical (unpaired) electrons. The minimum atomic E-state index is -0.883. The lowest BCUT2D eigenvalue weighted by atomic mass is 9.99. The fourth-order valence-electron chi connectivity index (χ4n) is 3.71. The highest BCUT2D eigenvalue weighted by molar-refractivity contribution is 5.95. The molecule has 0 bridgehead atoms. The number of nitrogens with two attached hydrogens (primary N) is 1. The summed E-state index contributed by atoms with van der Waals surface area (Å²) in [6.07, 6.45) is 5.92. The molecule has 4 N–H and O–H groups in total. The van der Waals surface area contributed by atoms with Crippen LogP contribution in [0.15, 0.2) is 67.0 Å². The van der Waals surface area contributed by atoms with E-state index in [1.54, 1.807) is 30.6 Å². The standard InChI is InChI=1S/C23H22N4O3/c24-17-8-6-16(7-9-17)23(30)26-18-10-11-19-21(12-18)27(14-25-19)20(13-22(28)29)15-4-2-1-3-5-15/h1-11,14,18,20H,12-13,24H2,(H,26,30)(H,28,29). The van der Waals surface area contributed by atoms with E-state index >= 15 is 0 Å². The van der Waals surface area contributed by atoms with Crippen molar-refractivity contribution in [2.45, 2.75) is 24.9 Å². The molecule has 152 valence electrons. The molecule has 1 aromatic heterocycles. The predicted molar refractivity (Wildman–Crippen MR) is 114 cm³/mol. The number of hydrogen-bond donors (Lipinski definition) is 3. The lowest BCUT2D eigenvalue weighted by Gasteiger charge is -2.24. The Balaban J connectivity index is 1.57. The number of carboxylic acids is 1. The van der Waals surface area contributed by atoms with Crippen LogP contribution in [0.5, 0.6) is 0 Å². The summed E-state index contributed by atoms with van der Waals surface area (Å²) in [4.78, 5) is 28.5. The number of aromatic nitrogens is 2. The summed E-state index contributed by atoms with van der Waals surface area (Å²) in [5, 5.41) is 12.5. The largest absolute Gasteiger partial charge is 0.481 e. The van der Waals surface area contributed by atoms with E-state index < -0.39 is 5.97 Å². The second-order valence-electron chi connectivity index (χ2n) is 7.27. The van der Waals surface area contributed by atoms with E-state index in [-0.39, 0.29) is 24.4 Å². The van der Waals surface area contributed by atoms with Crippen molar-refractivity contribution in [2.75, 3.05) is 5.73 Å². The Labute approximate surface area is 173 Å². The fourth-order valence-corrected chi connectivity index (χ4v) is 3.71. The van der Waals surface area contributed by atoms with Gasteiger partial charge in [-0.3, -0.25) is 9.59 Å². The Morgan fingerprint density at radius 1 is 1.17 bits per heavy atom. The van der Waals surface area contributed by atoms with Crippen molar-refractivity contribution in [2.24, 2.45) is 0 Å². The van der Waals surface area contributed by atoms with Gasteiger partial charge < -0.3 is 20.7 Å². The average Bonchev–Trinajstić information content (AvgIpc) is 3.16. The van der Waals surface area contributed by atoms with E-state index in [1.165, 1.54) is 0 Å². The van der Waals surface area contributed by atoms with Crippen molar-refractivity contribution in [3.05, 3.63) is 89.5 Å². The van der Waals surface area contributed by atoms with Gasteiger partial charge in [-0.1, -0.05) is 36.4 Å². The number of nitrogen functional groups attached to an aromatic ring is 1. The van der Waals surface area contributed by atoms with Crippen LogP contribution < -0.4 is 11.1 Å². The van der Waals surface area contributed by atoms with Crippen molar-refractivity contribution < 1.29 is 14.7 Å². The summed E-state index contributed by atoms with van der Waals surface area (Å²) in [6, 6.07) is 15.7. The van der Waals surface area contributed by atoms with Gasteiger partial charge in [-0.05, 0) is 35.9 Å². The first kappa shape index (κ1) is 19.4. The van der Waals surface area contributed by atoms with Gasteiger partial charge >= 0.3 is 5.97 Å². The Morgan fingerprint density at radius 3 is 2.60 bits per heavy atom. The Bertz CT molecular complexity index is 1090. The maximum Gasteiger partial charge on any atom is 0.305 e. The highest BCUT2D eigenvalue weighted by Crippen LogP contribution is 2.28. The zero-order valence-corrected chi connectivity index (χ0v) is 16.2. The Hall–Kier alpha value is -3.87. The van der Waals surface area contributed by atoms with Gasteiger partial charge in [0.15, 0.2) is 0 Å². The third-order valence-electron chi connectivity index (χ3n) is 5.21. The molecule has 1 heterocycles. The van der Waals surface area contributed by atoms with E-state index in [9.17, 15) is 14.7 Å². The van der Waals surface area contributed by atoms with E-state index in [0.717, 1.165) is 17.0 Å². The van der Waals surface area contributed by atoms with Crippen LogP contribution in [0.25, 0.3) is 6.08 Å². The Morgan fingerprint density at radius 2 is 1.90 bits per heavy atom. The lowest BCUT2D eigenvalue weighted by Crippen LogP contribution is -2.37. The average molecular weight is 402 g/mol. The van der Waals surface area contributed by atoms with Crippen LogP contribution in [0.4, 0.5) is 5.69 Å². The van der Waals surface area contributed by atoms with Crippen molar-refractivity contribution >= 4 is 23.6 Å². The number of fused-ring (bicyclic) bond motifs is 1. The van der Waals surface area contributed by atoms with Crippen LogP contribution in [0.3, 0.4) is 0 Å². The molecule has 3 aromatic rings. The normalized spacial score (nSPS) is 15.9. The molecular formula is C23H22N4O3. The number of carboxylic acid groups (broad SMARTS) is 1. The first-order valence-electron chi connectivity index (χ1n) is 9.68. The topological polar surface area (TPSA) is 110 Å². The van der Waals surface area contributed by atoms with Crippen LogP contribution >= 0.6 is 0 Å². The van der Waals surface area contributed by atoms with Gasteiger partial charge in [-0.15, -0.1) is 0 Å². The molecule has 0 saturated carbocycles. The SMILES string of the molecule is Nc1ccc(C(=O)NC2C=Cc3ncn(C(CC(=O)O)c4ccccc4)c3C2)cc1. The number of nitrogens with one attached hydrogen (secondary N) is 1. The van der Waals surface area contributed by atoms with E-state index in [2.05, 4.69) is 10.3 Å². The molecule has 2 unspecified atom stereocenters. The number of benzene rings is 2. The molecule has 1 aliphatic rings. The molecular weight excluding hydrogens is 380 g/mol. The van der Waals surface area contributed by atoms with Gasteiger partial charge in [0.05, 0.1) is 30.5 Å². The second-order valence-corrected chi connectivity index (χ2v) is 7.27. The molecule has 0 saturated heterocycles. The molecule has 2 aromatic carbocycles. The van der Waals surface area contributed by atoms with Crippen molar-refractivity contribution in [3.8, 4) is 0 Å². The quantitative estimate of drug-likeness (QED) is 0.549. The van der Waals surface area contributed by atoms with Gasteiger partial charge in [0.1, 0.15) is 0 Å². The molecule has 30 heavy (non-hydrogen) atoms. The number of carbonyl (C=O) groups excluding carboxylic acids is 1. The molecule has 0 fully saturated rings. The summed E-state index contributed by atoms with van der Waals surface area (Å²) < 4.78 is 1.91. The Kier molecular flexibility index (Phi) is 5.34. The zero-order valence-electron chi connectivity index (χ0n) is 16.2. The third kappa shape index (κ3) is 4.10. The predicted octanol–water partition coefficient (Wildman–Crippen LogP) is 2.90. The number of anilines is 1. The first-order valence-corrected chi connectivity index (χ1v) is 9.68. The highest BCUT2D eigenvalue weighted by Gasteiger charge is 2.26. The number of hydrogen-bond acceptors (Lipinski definition) is 4. The molecule has 0 spiro atoms. The van der Waals surface area contributed by atoms with Crippen LogP contribution in [0, 0.1) is 0 Å². The smallest absolute Gasteiger partial charge is 0.305 e. The maximum absolute atomic E-state index is 12.6. The number of nitrogens with zero attached hydrogens (tertiary/aromatic N) is 2. The lowest BCUT2D eigenvalue weighted by molar-refractivity contribution is -0.137. The van der Waals surface area contributed by atoms with Crippen LogP contribution in [-0.4, -0.2) is 32.6 Å². The van der Waals surface area contributed by atoms with Crippen LogP contribution in [-0.2, 0) is 11.2 Å². The maximum atomic E-state index is 12.6. The van der Waals surface area contributed by atoms with E-state index in [1.807, 2.05) is 47.1 Å². The summed E-state index contributed by atoms with van der Waals surface area (Å²) >= 11 is 0. The van der Waals surface area contributed by atoms with Gasteiger partial charge in [-0.2, -0.15) is 0 Å². The summed E-state index contributed by atoms with van der Waals surface area (Å²) in [5.74, 6) is -1.07. The van der Waals surface area contributed by atoms with Gasteiger partial charge in [0.25, 0.3) is 5.91 Å². The van der Waals surface area contributed by atoms with Crippen LogP contribution in [0.1, 0.15) is 39.8 Å². The second kappa shape index (κ2) is 8.24. The molecule has 1 aliphatic carbocycles. The highest BCUT2D eigenvalue weighted by atomic mass is 16.4. The third-order valence-corrected chi connectivity index (χ3v) is 5.21.